The number of ketones is 1. The maximum atomic E-state index is 12.0. The van der Waals surface area contributed by atoms with Gasteiger partial charge in [-0.05, 0) is 37.3 Å². The molecule has 3 heteroatoms. The Morgan fingerprint density at radius 1 is 1.44 bits per heavy atom. The number of rotatable bonds is 4. The molecule has 0 radical (unpaired) electrons. The lowest BCUT2D eigenvalue weighted by Crippen LogP contribution is -2.31. The maximum absolute atomic E-state index is 12.0. The summed E-state index contributed by atoms with van der Waals surface area (Å²) in [7, 11) is 1.68. The summed E-state index contributed by atoms with van der Waals surface area (Å²) in [6.07, 6.45) is 4.52. The van der Waals surface area contributed by atoms with Gasteiger partial charge in [-0.1, -0.05) is 18.2 Å². The van der Waals surface area contributed by atoms with E-state index in [0.717, 1.165) is 37.0 Å². The first kappa shape index (κ1) is 11.7. The van der Waals surface area contributed by atoms with Gasteiger partial charge in [0.15, 0.2) is 11.4 Å². The van der Waals surface area contributed by atoms with Gasteiger partial charge < -0.3 is 9.47 Å². The Morgan fingerprint density at radius 3 is 3.06 bits per heavy atom. The lowest BCUT2D eigenvalue weighted by Gasteiger charge is -2.16. The van der Waals surface area contributed by atoms with E-state index in [0.29, 0.717) is 12.2 Å². The molecule has 1 aromatic carbocycles. The zero-order chi connectivity index (χ0) is 12.6. The van der Waals surface area contributed by atoms with Crippen molar-refractivity contribution in [2.24, 2.45) is 0 Å². The van der Waals surface area contributed by atoms with Crippen molar-refractivity contribution in [3.05, 3.63) is 29.8 Å². The molecule has 1 aliphatic carbocycles. The van der Waals surface area contributed by atoms with E-state index >= 15 is 0 Å². The molecule has 1 aliphatic heterocycles. The molecular weight excluding hydrogens is 228 g/mol. The molecule has 18 heavy (non-hydrogen) atoms. The predicted octanol–water partition coefficient (Wildman–Crippen LogP) is 2.52. The third kappa shape index (κ3) is 1.83. The van der Waals surface area contributed by atoms with Crippen molar-refractivity contribution in [1.29, 1.82) is 0 Å². The molecule has 2 atom stereocenters. The van der Waals surface area contributed by atoms with E-state index in [1.54, 1.807) is 7.11 Å². The molecule has 2 aliphatic rings. The molecule has 0 N–H and O–H groups in total. The number of hydrogen-bond acceptors (Lipinski definition) is 3. The summed E-state index contributed by atoms with van der Waals surface area (Å²) in [5.74, 6) is 1.20. The number of ether oxygens (including phenoxy) is 2. The van der Waals surface area contributed by atoms with Crippen molar-refractivity contribution in [1.82, 2.24) is 0 Å². The highest BCUT2D eigenvalue weighted by Gasteiger charge is 2.62. The second kappa shape index (κ2) is 4.39. The molecule has 0 bridgehead atoms. The van der Waals surface area contributed by atoms with Crippen LogP contribution in [0.15, 0.2) is 24.3 Å². The average molecular weight is 246 g/mol. The van der Waals surface area contributed by atoms with Crippen molar-refractivity contribution >= 4 is 5.78 Å². The van der Waals surface area contributed by atoms with E-state index in [1.165, 1.54) is 0 Å². The molecule has 0 spiro atoms. The molecule has 3 rings (SSSR count). The largest absolute Gasteiger partial charge is 0.496 e. The van der Waals surface area contributed by atoms with Gasteiger partial charge in [-0.2, -0.15) is 0 Å². The summed E-state index contributed by atoms with van der Waals surface area (Å²) in [5, 5.41) is 0. The number of epoxide rings is 1. The molecule has 3 nitrogen and oxygen atoms in total. The highest BCUT2D eigenvalue weighted by Crippen LogP contribution is 2.48. The monoisotopic (exact) mass is 246 g/mol. The molecule has 0 amide bonds. The number of para-hydroxylation sites is 1. The molecular formula is C15H18O3. The van der Waals surface area contributed by atoms with E-state index < -0.39 is 5.60 Å². The molecule has 2 fully saturated rings. The summed E-state index contributed by atoms with van der Waals surface area (Å²) in [6.45, 7) is 0. The van der Waals surface area contributed by atoms with Crippen molar-refractivity contribution in [2.45, 2.75) is 43.8 Å². The smallest absolute Gasteiger partial charge is 0.167 e. The summed E-state index contributed by atoms with van der Waals surface area (Å²) >= 11 is 0. The Hall–Kier alpha value is -1.35. The number of benzene rings is 1. The minimum absolute atomic E-state index is 0.188. The number of methoxy groups -OCH3 is 1. The van der Waals surface area contributed by atoms with E-state index in [-0.39, 0.29) is 6.10 Å². The summed E-state index contributed by atoms with van der Waals surface area (Å²) in [5.41, 5.74) is 0.709. The lowest BCUT2D eigenvalue weighted by molar-refractivity contribution is -0.124. The Balaban J connectivity index is 1.70. The lowest BCUT2D eigenvalue weighted by atomic mass is 9.84. The fourth-order valence-corrected chi connectivity index (χ4v) is 3.01. The molecule has 1 saturated carbocycles. The van der Waals surface area contributed by atoms with Crippen LogP contribution in [0.4, 0.5) is 0 Å². The molecule has 96 valence electrons. The van der Waals surface area contributed by atoms with Crippen molar-refractivity contribution in [3.8, 4) is 5.75 Å². The maximum Gasteiger partial charge on any atom is 0.167 e. The van der Waals surface area contributed by atoms with Gasteiger partial charge in [-0.3, -0.25) is 4.79 Å². The third-order valence-electron chi connectivity index (χ3n) is 4.12. The first-order valence-corrected chi connectivity index (χ1v) is 6.59. The number of fused-ring (bicyclic) bond motifs is 1. The normalized spacial score (nSPS) is 29.8. The highest BCUT2D eigenvalue weighted by atomic mass is 16.6. The molecule has 1 saturated heterocycles. The van der Waals surface area contributed by atoms with E-state index in [1.807, 2.05) is 18.2 Å². The number of carbonyl (C=O) groups is 1. The van der Waals surface area contributed by atoms with Crippen LogP contribution in [0.25, 0.3) is 0 Å². The number of hydrogen-bond donors (Lipinski definition) is 0. The van der Waals surface area contributed by atoms with Crippen LogP contribution in [0.2, 0.25) is 0 Å². The Kier molecular flexibility index (Phi) is 2.86. The van der Waals surface area contributed by atoms with Crippen LogP contribution in [-0.2, 0) is 16.0 Å². The summed E-state index contributed by atoms with van der Waals surface area (Å²) in [4.78, 5) is 12.0. The van der Waals surface area contributed by atoms with Gasteiger partial charge >= 0.3 is 0 Å². The molecule has 0 aromatic heterocycles. The van der Waals surface area contributed by atoms with Gasteiger partial charge in [0.05, 0.1) is 13.2 Å². The second-order valence-corrected chi connectivity index (χ2v) is 5.12. The SMILES string of the molecule is COc1ccccc1CCC12OC1CCCC2=O. The van der Waals surface area contributed by atoms with Gasteiger partial charge in [-0.15, -0.1) is 0 Å². The Labute approximate surface area is 107 Å². The predicted molar refractivity (Wildman–Crippen MR) is 67.8 cm³/mol. The van der Waals surface area contributed by atoms with Crippen LogP contribution >= 0.6 is 0 Å². The number of aryl methyl sites for hydroxylation is 1. The summed E-state index contributed by atoms with van der Waals surface area (Å²) in [6, 6.07) is 7.98. The van der Waals surface area contributed by atoms with Crippen LogP contribution in [0.1, 0.15) is 31.2 Å². The number of carbonyl (C=O) groups excluding carboxylic acids is 1. The second-order valence-electron chi connectivity index (χ2n) is 5.12. The zero-order valence-electron chi connectivity index (χ0n) is 10.6. The van der Waals surface area contributed by atoms with Gasteiger partial charge in [0, 0.05) is 6.42 Å². The fraction of sp³-hybridized carbons (Fsp3) is 0.533. The fourth-order valence-electron chi connectivity index (χ4n) is 3.01. The minimum Gasteiger partial charge on any atom is -0.496 e. The van der Waals surface area contributed by atoms with Gasteiger partial charge in [0.1, 0.15) is 5.75 Å². The highest BCUT2D eigenvalue weighted by molar-refractivity contribution is 5.91. The number of Topliss-reactive ketones (excluding diaryl/α,β-unsaturated/α-hetero) is 1. The third-order valence-corrected chi connectivity index (χ3v) is 4.12. The Morgan fingerprint density at radius 2 is 2.28 bits per heavy atom. The Bertz CT molecular complexity index is 469. The van der Waals surface area contributed by atoms with Crippen LogP contribution in [0, 0.1) is 0 Å². The van der Waals surface area contributed by atoms with E-state index in [2.05, 4.69) is 6.07 Å². The van der Waals surface area contributed by atoms with Crippen LogP contribution in [0.5, 0.6) is 5.75 Å². The molecule has 1 aromatic rings. The standard InChI is InChI=1S/C15H18O3/c1-17-12-6-3-2-5-11(12)9-10-15-13(16)7-4-8-14(15)18-15/h2-3,5-6,14H,4,7-10H2,1H3. The topological polar surface area (TPSA) is 38.8 Å². The van der Waals surface area contributed by atoms with Gasteiger partial charge in [-0.25, -0.2) is 0 Å². The zero-order valence-corrected chi connectivity index (χ0v) is 10.6. The summed E-state index contributed by atoms with van der Waals surface area (Å²) < 4.78 is 11.0. The molecule has 2 unspecified atom stereocenters. The molecule has 1 heterocycles. The first-order valence-electron chi connectivity index (χ1n) is 6.59. The van der Waals surface area contributed by atoms with Crippen molar-refractivity contribution in [2.75, 3.05) is 7.11 Å². The van der Waals surface area contributed by atoms with Crippen LogP contribution in [-0.4, -0.2) is 24.6 Å². The average Bonchev–Trinajstić information content (AvgIpc) is 3.13. The van der Waals surface area contributed by atoms with Gasteiger partial charge in [0.2, 0.25) is 0 Å². The van der Waals surface area contributed by atoms with Crippen molar-refractivity contribution < 1.29 is 14.3 Å². The van der Waals surface area contributed by atoms with Crippen molar-refractivity contribution in [3.63, 3.8) is 0 Å². The van der Waals surface area contributed by atoms with E-state index in [4.69, 9.17) is 9.47 Å². The van der Waals surface area contributed by atoms with Gasteiger partial charge in [0.25, 0.3) is 0 Å². The first-order chi connectivity index (χ1) is 8.76. The van der Waals surface area contributed by atoms with Crippen LogP contribution in [0.3, 0.4) is 0 Å². The minimum atomic E-state index is -0.445. The quantitative estimate of drug-likeness (QED) is 0.766. The van der Waals surface area contributed by atoms with Crippen LogP contribution < -0.4 is 4.74 Å². The van der Waals surface area contributed by atoms with E-state index in [9.17, 15) is 4.79 Å².